The standard InChI is InChI=1S/C21H26FN3O3/c1-27-20-9-8-19(28-20)21(26)25-10-2-3-18(15-25)24-13-11-23(12-14-24)17-6-4-16(22)5-7-17/h4-9,18H,2-3,10-15H2,1H3. The second kappa shape index (κ2) is 8.22. The largest absolute Gasteiger partial charge is 0.468 e. The van der Waals surface area contributed by atoms with Crippen molar-refractivity contribution in [1.29, 1.82) is 0 Å². The number of hydrogen-bond acceptors (Lipinski definition) is 5. The molecule has 150 valence electrons. The Bertz CT molecular complexity index is 799. The van der Waals surface area contributed by atoms with Gasteiger partial charge in [0.2, 0.25) is 0 Å². The summed E-state index contributed by atoms with van der Waals surface area (Å²) >= 11 is 0. The van der Waals surface area contributed by atoms with E-state index in [0.29, 0.717) is 17.7 Å². The van der Waals surface area contributed by atoms with Crippen LogP contribution in [0.5, 0.6) is 5.95 Å². The Labute approximate surface area is 164 Å². The molecule has 2 fully saturated rings. The maximum absolute atomic E-state index is 13.1. The number of likely N-dealkylation sites (tertiary alicyclic amines) is 1. The Morgan fingerprint density at radius 1 is 1.07 bits per heavy atom. The highest BCUT2D eigenvalue weighted by Gasteiger charge is 2.31. The predicted octanol–water partition coefficient (Wildman–Crippen LogP) is 2.85. The van der Waals surface area contributed by atoms with E-state index in [1.165, 1.54) is 19.2 Å². The fourth-order valence-electron chi connectivity index (χ4n) is 4.14. The van der Waals surface area contributed by atoms with E-state index in [2.05, 4.69) is 9.80 Å². The lowest BCUT2D eigenvalue weighted by molar-refractivity contribution is 0.0531. The van der Waals surface area contributed by atoms with Crippen LogP contribution in [0.15, 0.2) is 40.8 Å². The van der Waals surface area contributed by atoms with Crippen LogP contribution < -0.4 is 9.64 Å². The van der Waals surface area contributed by atoms with Gasteiger partial charge in [0, 0.05) is 57.1 Å². The molecule has 0 saturated carbocycles. The monoisotopic (exact) mass is 387 g/mol. The Kier molecular flexibility index (Phi) is 5.52. The second-order valence-electron chi connectivity index (χ2n) is 7.37. The number of carbonyl (C=O) groups is 1. The van der Waals surface area contributed by atoms with Gasteiger partial charge in [0.25, 0.3) is 11.9 Å². The first-order valence-electron chi connectivity index (χ1n) is 9.82. The Balaban J connectivity index is 1.33. The lowest BCUT2D eigenvalue weighted by Gasteiger charge is -2.43. The highest BCUT2D eigenvalue weighted by Crippen LogP contribution is 2.23. The molecular formula is C21H26FN3O3. The first-order chi connectivity index (χ1) is 13.6. The number of carbonyl (C=O) groups excluding carboxylic acids is 1. The van der Waals surface area contributed by atoms with Crippen molar-refractivity contribution in [2.45, 2.75) is 18.9 Å². The molecule has 0 aliphatic carbocycles. The van der Waals surface area contributed by atoms with Crippen LogP contribution in [0, 0.1) is 5.82 Å². The van der Waals surface area contributed by atoms with Gasteiger partial charge in [-0.1, -0.05) is 0 Å². The lowest BCUT2D eigenvalue weighted by atomic mass is 10.0. The zero-order valence-corrected chi connectivity index (χ0v) is 16.1. The molecule has 0 bridgehead atoms. The molecule has 1 atom stereocenters. The average Bonchev–Trinajstić information content (AvgIpc) is 3.23. The molecule has 1 amide bonds. The molecule has 2 saturated heterocycles. The maximum Gasteiger partial charge on any atom is 0.289 e. The second-order valence-corrected chi connectivity index (χ2v) is 7.37. The van der Waals surface area contributed by atoms with E-state index < -0.39 is 0 Å². The number of furan rings is 1. The molecule has 1 unspecified atom stereocenters. The Morgan fingerprint density at radius 3 is 2.50 bits per heavy atom. The number of piperidine rings is 1. The first-order valence-corrected chi connectivity index (χ1v) is 9.82. The van der Waals surface area contributed by atoms with Crippen molar-refractivity contribution in [1.82, 2.24) is 9.80 Å². The number of ether oxygens (including phenoxy) is 1. The van der Waals surface area contributed by atoms with Gasteiger partial charge in [0.05, 0.1) is 7.11 Å². The third-order valence-electron chi connectivity index (χ3n) is 5.70. The molecule has 2 aliphatic rings. The van der Waals surface area contributed by atoms with Gasteiger partial charge in [-0.2, -0.15) is 0 Å². The first kappa shape index (κ1) is 18.8. The van der Waals surface area contributed by atoms with Crippen LogP contribution in [0.3, 0.4) is 0 Å². The number of halogens is 1. The maximum atomic E-state index is 13.1. The molecule has 0 radical (unpaired) electrons. The third kappa shape index (κ3) is 3.99. The predicted molar refractivity (Wildman–Crippen MR) is 104 cm³/mol. The minimum absolute atomic E-state index is 0.0713. The van der Waals surface area contributed by atoms with Crippen LogP contribution >= 0.6 is 0 Å². The molecule has 28 heavy (non-hydrogen) atoms. The molecule has 3 heterocycles. The van der Waals surface area contributed by atoms with Crippen molar-refractivity contribution in [3.05, 3.63) is 48.0 Å². The molecule has 6 nitrogen and oxygen atoms in total. The van der Waals surface area contributed by atoms with E-state index in [9.17, 15) is 9.18 Å². The van der Waals surface area contributed by atoms with Crippen molar-refractivity contribution in [2.75, 3.05) is 51.3 Å². The number of piperazine rings is 1. The van der Waals surface area contributed by atoms with Gasteiger partial charge in [0.1, 0.15) is 5.82 Å². The fraction of sp³-hybridized carbons (Fsp3) is 0.476. The van der Waals surface area contributed by atoms with Crippen molar-refractivity contribution >= 4 is 11.6 Å². The number of benzene rings is 1. The molecule has 2 aromatic rings. The van der Waals surface area contributed by atoms with Gasteiger partial charge < -0.3 is 19.0 Å². The van der Waals surface area contributed by atoms with E-state index in [1.807, 2.05) is 17.0 Å². The zero-order chi connectivity index (χ0) is 19.5. The highest BCUT2D eigenvalue weighted by molar-refractivity contribution is 5.91. The minimum Gasteiger partial charge on any atom is -0.468 e. The number of nitrogens with zero attached hydrogens (tertiary/aromatic N) is 3. The van der Waals surface area contributed by atoms with Gasteiger partial charge in [0.15, 0.2) is 5.76 Å². The molecule has 7 heteroatoms. The Morgan fingerprint density at radius 2 is 1.82 bits per heavy atom. The molecule has 2 aliphatic heterocycles. The summed E-state index contributed by atoms with van der Waals surface area (Å²) in [6.07, 6.45) is 2.09. The summed E-state index contributed by atoms with van der Waals surface area (Å²) < 4.78 is 23.6. The van der Waals surface area contributed by atoms with Gasteiger partial charge in [-0.25, -0.2) is 4.39 Å². The zero-order valence-electron chi connectivity index (χ0n) is 16.1. The quantitative estimate of drug-likeness (QED) is 0.808. The molecule has 1 aromatic carbocycles. The van der Waals surface area contributed by atoms with Crippen molar-refractivity contribution in [2.24, 2.45) is 0 Å². The van der Waals surface area contributed by atoms with E-state index in [-0.39, 0.29) is 11.7 Å². The summed E-state index contributed by atoms with van der Waals surface area (Å²) in [6.45, 7) is 5.18. The lowest BCUT2D eigenvalue weighted by Crippen LogP contribution is -2.55. The smallest absolute Gasteiger partial charge is 0.289 e. The van der Waals surface area contributed by atoms with E-state index in [4.69, 9.17) is 9.15 Å². The molecular weight excluding hydrogens is 361 g/mol. The molecule has 4 rings (SSSR count). The fourth-order valence-corrected chi connectivity index (χ4v) is 4.14. The summed E-state index contributed by atoms with van der Waals surface area (Å²) in [6, 6.07) is 10.4. The summed E-state index contributed by atoms with van der Waals surface area (Å²) in [5.74, 6) is 0.411. The highest BCUT2D eigenvalue weighted by atomic mass is 19.1. The molecule has 0 spiro atoms. The van der Waals surface area contributed by atoms with Crippen LogP contribution in [0.2, 0.25) is 0 Å². The topological polar surface area (TPSA) is 49.2 Å². The van der Waals surface area contributed by atoms with Crippen LogP contribution in [0.25, 0.3) is 0 Å². The average molecular weight is 387 g/mol. The van der Waals surface area contributed by atoms with Crippen LogP contribution in [-0.2, 0) is 0 Å². The van der Waals surface area contributed by atoms with Gasteiger partial charge in [-0.05, 0) is 43.2 Å². The summed E-state index contributed by atoms with van der Waals surface area (Å²) in [5, 5.41) is 0. The van der Waals surface area contributed by atoms with Gasteiger partial charge in [-0.3, -0.25) is 9.69 Å². The summed E-state index contributed by atoms with van der Waals surface area (Å²) in [7, 11) is 1.52. The summed E-state index contributed by atoms with van der Waals surface area (Å²) in [5.41, 5.74) is 1.06. The SMILES string of the molecule is COc1ccc(C(=O)N2CCCC(N3CCN(c4ccc(F)cc4)CC3)C2)o1. The van der Waals surface area contributed by atoms with Crippen LogP contribution in [0.1, 0.15) is 23.4 Å². The van der Waals surface area contributed by atoms with Crippen molar-refractivity contribution in [3.63, 3.8) is 0 Å². The van der Waals surface area contributed by atoms with Crippen LogP contribution in [-0.4, -0.2) is 68.1 Å². The third-order valence-corrected chi connectivity index (χ3v) is 5.70. The Hall–Kier alpha value is -2.54. The number of anilines is 1. The number of amides is 1. The van der Waals surface area contributed by atoms with Gasteiger partial charge >= 0.3 is 0 Å². The number of methoxy groups -OCH3 is 1. The number of rotatable bonds is 4. The van der Waals surface area contributed by atoms with Crippen molar-refractivity contribution in [3.8, 4) is 5.95 Å². The van der Waals surface area contributed by atoms with E-state index in [1.54, 1.807) is 12.1 Å². The summed E-state index contributed by atoms with van der Waals surface area (Å²) in [4.78, 5) is 19.4. The molecule has 1 aromatic heterocycles. The van der Waals surface area contributed by atoms with Crippen LogP contribution in [0.4, 0.5) is 10.1 Å². The molecule has 0 N–H and O–H groups in total. The minimum atomic E-state index is -0.205. The normalized spacial score (nSPS) is 21.0. The van der Waals surface area contributed by atoms with Crippen molar-refractivity contribution < 1.29 is 18.3 Å². The van der Waals surface area contributed by atoms with E-state index >= 15 is 0 Å². The van der Waals surface area contributed by atoms with E-state index in [0.717, 1.165) is 57.8 Å². The number of hydrogen-bond donors (Lipinski definition) is 0. The van der Waals surface area contributed by atoms with Gasteiger partial charge in [-0.15, -0.1) is 0 Å².